The molecular weight excluding hydrogens is 311 g/mol. The maximum Gasteiger partial charge on any atom is 0.416 e. The van der Waals surface area contributed by atoms with E-state index in [2.05, 4.69) is 0 Å². The molecule has 0 fully saturated rings. The van der Waals surface area contributed by atoms with Crippen molar-refractivity contribution in [3.8, 4) is 0 Å². The Labute approximate surface area is 119 Å². The van der Waals surface area contributed by atoms with Crippen LogP contribution in [0.2, 0.25) is 0 Å². The monoisotopic (exact) mass is 325 g/mol. The van der Waals surface area contributed by atoms with E-state index < -0.39 is 44.2 Å². The van der Waals surface area contributed by atoms with Gasteiger partial charge in [-0.25, -0.2) is 8.42 Å². The lowest BCUT2D eigenvalue weighted by atomic mass is 10.1. The molecular formula is C12H14F3NO4S. The van der Waals surface area contributed by atoms with Crippen molar-refractivity contribution in [3.05, 3.63) is 29.3 Å². The summed E-state index contributed by atoms with van der Waals surface area (Å²) in [5, 5.41) is 8.83. The van der Waals surface area contributed by atoms with Crippen molar-refractivity contribution in [1.82, 2.24) is 4.72 Å². The minimum Gasteiger partial charge on any atom is -0.480 e. The summed E-state index contributed by atoms with van der Waals surface area (Å²) in [6.45, 7) is 2.47. The Morgan fingerprint density at radius 3 is 2.38 bits per heavy atom. The normalized spacial score (nSPS) is 14.0. The number of carboxylic acid groups (broad SMARTS) is 1. The van der Waals surface area contributed by atoms with E-state index in [-0.39, 0.29) is 6.42 Å². The maximum absolute atomic E-state index is 12.8. The predicted octanol–water partition coefficient (Wildman–Crippen LogP) is 2.16. The number of aliphatic carboxylic acids is 1. The van der Waals surface area contributed by atoms with Gasteiger partial charge in [-0.2, -0.15) is 17.9 Å². The molecule has 118 valence electrons. The molecule has 0 saturated carbocycles. The Kier molecular flexibility index (Phi) is 5.00. The van der Waals surface area contributed by atoms with Gasteiger partial charge in [-0.1, -0.05) is 13.0 Å². The maximum atomic E-state index is 12.8. The molecule has 0 amide bonds. The molecule has 0 aliphatic rings. The molecule has 0 radical (unpaired) electrons. The first-order valence-corrected chi connectivity index (χ1v) is 7.41. The Balaban J connectivity index is 3.30. The van der Waals surface area contributed by atoms with Crippen LogP contribution in [0.3, 0.4) is 0 Å². The molecule has 9 heteroatoms. The first-order chi connectivity index (χ1) is 9.50. The third-order valence-electron chi connectivity index (χ3n) is 2.88. The zero-order valence-corrected chi connectivity index (χ0v) is 12.0. The van der Waals surface area contributed by atoms with E-state index in [0.29, 0.717) is 0 Å². The van der Waals surface area contributed by atoms with E-state index >= 15 is 0 Å². The van der Waals surface area contributed by atoms with E-state index in [9.17, 15) is 26.4 Å². The fraction of sp³-hybridized carbons (Fsp3) is 0.417. The van der Waals surface area contributed by atoms with Crippen molar-refractivity contribution in [2.45, 2.75) is 37.4 Å². The lowest BCUT2D eigenvalue weighted by Gasteiger charge is -2.17. The summed E-state index contributed by atoms with van der Waals surface area (Å²) in [5.74, 6) is -1.40. The largest absolute Gasteiger partial charge is 0.480 e. The number of benzene rings is 1. The number of alkyl halides is 3. The van der Waals surface area contributed by atoms with Gasteiger partial charge in [-0.15, -0.1) is 0 Å². The molecule has 2 N–H and O–H groups in total. The smallest absolute Gasteiger partial charge is 0.416 e. The summed E-state index contributed by atoms with van der Waals surface area (Å²) in [5.41, 5.74) is -1.55. The van der Waals surface area contributed by atoms with Gasteiger partial charge in [0.2, 0.25) is 10.0 Å². The van der Waals surface area contributed by atoms with Gasteiger partial charge >= 0.3 is 12.1 Å². The summed E-state index contributed by atoms with van der Waals surface area (Å²) in [7, 11) is -4.36. The van der Waals surface area contributed by atoms with Gasteiger partial charge in [0.15, 0.2) is 0 Å². The second kappa shape index (κ2) is 6.02. The molecule has 0 unspecified atom stereocenters. The third kappa shape index (κ3) is 3.94. The Morgan fingerprint density at radius 1 is 1.38 bits per heavy atom. The Hall–Kier alpha value is -1.61. The van der Waals surface area contributed by atoms with Crippen LogP contribution in [-0.4, -0.2) is 25.5 Å². The van der Waals surface area contributed by atoms with Gasteiger partial charge in [0.25, 0.3) is 0 Å². The highest BCUT2D eigenvalue weighted by Gasteiger charge is 2.35. The number of hydrogen-bond donors (Lipinski definition) is 2. The summed E-state index contributed by atoms with van der Waals surface area (Å²) in [6, 6.07) is 1.33. The van der Waals surface area contributed by atoms with Crippen molar-refractivity contribution in [1.29, 1.82) is 0 Å². The van der Waals surface area contributed by atoms with Crippen LogP contribution in [0.5, 0.6) is 0 Å². The number of hydrogen-bond acceptors (Lipinski definition) is 3. The van der Waals surface area contributed by atoms with Gasteiger partial charge in [0, 0.05) is 0 Å². The molecule has 0 heterocycles. The highest BCUT2D eigenvalue weighted by atomic mass is 32.2. The molecule has 5 nitrogen and oxygen atoms in total. The summed E-state index contributed by atoms with van der Waals surface area (Å²) in [6.07, 6.45) is -4.72. The van der Waals surface area contributed by atoms with Gasteiger partial charge < -0.3 is 5.11 Å². The summed E-state index contributed by atoms with van der Waals surface area (Å²) < 4.78 is 64.3. The van der Waals surface area contributed by atoms with E-state index in [1.807, 2.05) is 4.72 Å². The zero-order valence-electron chi connectivity index (χ0n) is 11.2. The van der Waals surface area contributed by atoms with Crippen LogP contribution in [0.4, 0.5) is 13.2 Å². The van der Waals surface area contributed by atoms with Crippen molar-refractivity contribution in [2.75, 3.05) is 0 Å². The molecule has 0 aliphatic carbocycles. The topological polar surface area (TPSA) is 83.5 Å². The molecule has 21 heavy (non-hydrogen) atoms. The first kappa shape index (κ1) is 17.4. The molecule has 0 bridgehead atoms. The van der Waals surface area contributed by atoms with E-state index in [4.69, 9.17) is 5.11 Å². The minimum atomic E-state index is -4.69. The van der Waals surface area contributed by atoms with Gasteiger partial charge in [-0.05, 0) is 31.0 Å². The minimum absolute atomic E-state index is 0.0351. The van der Waals surface area contributed by atoms with E-state index in [0.717, 1.165) is 25.1 Å². The molecule has 0 aromatic heterocycles. The highest BCUT2D eigenvalue weighted by molar-refractivity contribution is 7.89. The lowest BCUT2D eigenvalue weighted by Crippen LogP contribution is -2.40. The molecule has 1 rings (SSSR count). The fourth-order valence-corrected chi connectivity index (χ4v) is 3.31. The van der Waals surface area contributed by atoms with E-state index in [1.54, 1.807) is 0 Å². The molecule has 0 aliphatic heterocycles. The fourth-order valence-electron chi connectivity index (χ4n) is 1.77. The second-order valence-electron chi connectivity index (χ2n) is 4.35. The lowest BCUT2D eigenvalue weighted by molar-refractivity contribution is -0.139. The standard InChI is InChI=1S/C12H14F3NO4S/c1-3-9(11(17)18)16-21(19,20)10-6-4-5-8(7(10)2)12(13,14)15/h4-6,9,16H,3H2,1-2H3,(H,17,18)/t9-/m0/s1. The molecule has 0 spiro atoms. The zero-order chi connectivity index (χ0) is 16.4. The van der Waals surface area contributed by atoms with Crippen LogP contribution in [0.25, 0.3) is 0 Å². The number of carbonyl (C=O) groups is 1. The quantitative estimate of drug-likeness (QED) is 0.869. The number of sulfonamides is 1. The van der Waals surface area contributed by atoms with Crippen LogP contribution in [0.15, 0.2) is 23.1 Å². The van der Waals surface area contributed by atoms with Crippen LogP contribution in [0.1, 0.15) is 24.5 Å². The second-order valence-corrected chi connectivity index (χ2v) is 6.03. The number of halogens is 3. The molecule has 0 saturated heterocycles. The van der Waals surface area contributed by atoms with Gasteiger partial charge in [0.1, 0.15) is 6.04 Å². The Bertz CT molecular complexity index is 640. The summed E-state index contributed by atoms with van der Waals surface area (Å²) in [4.78, 5) is 10.3. The van der Waals surface area contributed by atoms with Crippen molar-refractivity contribution >= 4 is 16.0 Å². The predicted molar refractivity (Wildman–Crippen MR) is 68.2 cm³/mol. The van der Waals surface area contributed by atoms with Gasteiger partial charge in [-0.3, -0.25) is 4.79 Å². The molecule has 1 aromatic carbocycles. The highest BCUT2D eigenvalue weighted by Crippen LogP contribution is 2.34. The van der Waals surface area contributed by atoms with Crippen molar-refractivity contribution in [2.24, 2.45) is 0 Å². The molecule has 1 aromatic rings. The SMILES string of the molecule is CC[C@H](NS(=O)(=O)c1cccc(C(F)(F)F)c1C)C(=O)O. The Morgan fingerprint density at radius 2 is 1.95 bits per heavy atom. The number of carboxylic acids is 1. The third-order valence-corrected chi connectivity index (χ3v) is 4.50. The van der Waals surface area contributed by atoms with Crippen LogP contribution < -0.4 is 4.72 Å². The number of rotatable bonds is 5. The van der Waals surface area contributed by atoms with Crippen LogP contribution >= 0.6 is 0 Å². The average molecular weight is 325 g/mol. The van der Waals surface area contributed by atoms with E-state index in [1.165, 1.54) is 6.92 Å². The number of nitrogens with one attached hydrogen (secondary N) is 1. The first-order valence-electron chi connectivity index (χ1n) is 5.92. The van der Waals surface area contributed by atoms with Crippen LogP contribution in [0, 0.1) is 6.92 Å². The van der Waals surface area contributed by atoms with Crippen molar-refractivity contribution < 1.29 is 31.5 Å². The van der Waals surface area contributed by atoms with Crippen molar-refractivity contribution in [3.63, 3.8) is 0 Å². The van der Waals surface area contributed by atoms with Crippen LogP contribution in [-0.2, 0) is 21.0 Å². The van der Waals surface area contributed by atoms with Gasteiger partial charge in [0.05, 0.1) is 10.5 Å². The molecule has 1 atom stereocenters. The summed E-state index contributed by atoms with van der Waals surface area (Å²) >= 11 is 0. The average Bonchev–Trinajstić information content (AvgIpc) is 2.34.